The number of nitrogens with one attached hydrogen (secondary N) is 1. The Morgan fingerprint density at radius 2 is 2.21 bits per heavy atom. The molecule has 2 atom stereocenters. The summed E-state index contributed by atoms with van der Waals surface area (Å²) >= 11 is 0. The first kappa shape index (κ1) is 16.0. The number of likely N-dealkylation sites (tertiary alicyclic amines) is 1. The van der Waals surface area contributed by atoms with Gasteiger partial charge in [0, 0.05) is 25.6 Å². The lowest BCUT2D eigenvalue weighted by Gasteiger charge is -2.28. The molecule has 0 radical (unpaired) electrons. The molecule has 1 aliphatic rings. The molecular weight excluding hydrogens is 242 g/mol. The fourth-order valence-corrected chi connectivity index (χ4v) is 2.54. The zero-order valence-corrected chi connectivity index (χ0v) is 12.2. The predicted molar refractivity (Wildman–Crippen MR) is 75.5 cm³/mol. The number of carbonyl (C=O) groups is 2. The van der Waals surface area contributed by atoms with Crippen LogP contribution in [0.4, 0.5) is 0 Å². The van der Waals surface area contributed by atoms with Crippen LogP contribution in [0.15, 0.2) is 0 Å². The van der Waals surface area contributed by atoms with E-state index < -0.39 is 0 Å². The molecule has 2 amide bonds. The van der Waals surface area contributed by atoms with Crippen molar-refractivity contribution < 1.29 is 9.59 Å². The quantitative estimate of drug-likeness (QED) is 0.691. The highest BCUT2D eigenvalue weighted by atomic mass is 16.2. The highest BCUT2D eigenvalue weighted by Gasteiger charge is 2.32. The Balaban J connectivity index is 2.55. The van der Waals surface area contributed by atoms with Gasteiger partial charge in [0.05, 0.1) is 0 Å². The van der Waals surface area contributed by atoms with Crippen LogP contribution >= 0.6 is 0 Å². The summed E-state index contributed by atoms with van der Waals surface area (Å²) in [5, 5.41) is 2.99. The van der Waals surface area contributed by atoms with Crippen molar-refractivity contribution in [3.63, 3.8) is 0 Å². The summed E-state index contributed by atoms with van der Waals surface area (Å²) in [6.07, 6.45) is 5.14. The predicted octanol–water partition coefficient (Wildman–Crippen LogP) is 1.02. The van der Waals surface area contributed by atoms with Gasteiger partial charge < -0.3 is 16.0 Å². The lowest BCUT2D eigenvalue weighted by molar-refractivity contribution is -0.137. The van der Waals surface area contributed by atoms with Crippen molar-refractivity contribution in [1.82, 2.24) is 10.2 Å². The molecule has 1 heterocycles. The number of amides is 2. The standard InChI is InChI=1S/C14H27N3O2/c1-3-5-7-11(10-15)16-14(19)12(4-2)17-9-6-8-13(17)18/h11-12H,3-10,15H2,1-2H3,(H,16,19). The summed E-state index contributed by atoms with van der Waals surface area (Å²) in [6.45, 7) is 5.22. The molecule has 0 saturated carbocycles. The second kappa shape index (κ2) is 8.15. The maximum absolute atomic E-state index is 12.3. The summed E-state index contributed by atoms with van der Waals surface area (Å²) < 4.78 is 0. The zero-order chi connectivity index (χ0) is 14.3. The summed E-state index contributed by atoms with van der Waals surface area (Å²) in [4.78, 5) is 25.7. The van der Waals surface area contributed by atoms with Gasteiger partial charge in [0.2, 0.25) is 11.8 Å². The van der Waals surface area contributed by atoms with E-state index in [4.69, 9.17) is 5.73 Å². The zero-order valence-electron chi connectivity index (χ0n) is 12.2. The van der Waals surface area contributed by atoms with E-state index in [0.717, 1.165) is 25.7 Å². The van der Waals surface area contributed by atoms with Crippen molar-refractivity contribution in [3.8, 4) is 0 Å². The summed E-state index contributed by atoms with van der Waals surface area (Å²) in [5.74, 6) is 0.0455. The molecule has 0 aromatic rings. The Kier molecular flexibility index (Phi) is 6.84. The first-order chi connectivity index (χ1) is 9.13. The first-order valence-electron chi connectivity index (χ1n) is 7.43. The van der Waals surface area contributed by atoms with Crippen molar-refractivity contribution in [3.05, 3.63) is 0 Å². The molecule has 1 saturated heterocycles. The SMILES string of the molecule is CCCCC(CN)NC(=O)C(CC)N1CCCC1=O. The number of nitrogens with two attached hydrogens (primary N) is 1. The van der Waals surface area contributed by atoms with Crippen molar-refractivity contribution in [1.29, 1.82) is 0 Å². The molecule has 0 bridgehead atoms. The maximum atomic E-state index is 12.3. The van der Waals surface area contributed by atoms with Gasteiger partial charge in [0.25, 0.3) is 0 Å². The van der Waals surface area contributed by atoms with Crippen LogP contribution < -0.4 is 11.1 Å². The minimum atomic E-state index is -0.328. The van der Waals surface area contributed by atoms with Crippen LogP contribution in [0.25, 0.3) is 0 Å². The summed E-state index contributed by atoms with van der Waals surface area (Å²) in [7, 11) is 0. The monoisotopic (exact) mass is 269 g/mol. The van der Waals surface area contributed by atoms with Gasteiger partial charge in [-0.1, -0.05) is 26.7 Å². The molecule has 110 valence electrons. The van der Waals surface area contributed by atoms with Gasteiger partial charge in [-0.05, 0) is 19.3 Å². The van der Waals surface area contributed by atoms with Gasteiger partial charge in [-0.15, -0.1) is 0 Å². The molecule has 0 aliphatic carbocycles. The van der Waals surface area contributed by atoms with Gasteiger partial charge in [-0.2, -0.15) is 0 Å². The van der Waals surface area contributed by atoms with Crippen LogP contribution in [-0.2, 0) is 9.59 Å². The molecule has 1 rings (SSSR count). The van der Waals surface area contributed by atoms with E-state index in [1.807, 2.05) is 6.92 Å². The molecule has 2 unspecified atom stereocenters. The fourth-order valence-electron chi connectivity index (χ4n) is 2.54. The molecule has 0 aromatic heterocycles. The van der Waals surface area contributed by atoms with Crippen LogP contribution in [0.1, 0.15) is 52.4 Å². The summed E-state index contributed by atoms with van der Waals surface area (Å²) in [5.41, 5.74) is 5.69. The Morgan fingerprint density at radius 3 is 2.68 bits per heavy atom. The second-order valence-electron chi connectivity index (χ2n) is 5.20. The Morgan fingerprint density at radius 1 is 1.47 bits per heavy atom. The number of nitrogens with zero attached hydrogens (tertiary/aromatic N) is 1. The Labute approximate surface area is 115 Å². The van der Waals surface area contributed by atoms with E-state index in [-0.39, 0.29) is 23.9 Å². The maximum Gasteiger partial charge on any atom is 0.243 e. The van der Waals surface area contributed by atoms with Gasteiger partial charge >= 0.3 is 0 Å². The first-order valence-corrected chi connectivity index (χ1v) is 7.43. The molecule has 3 N–H and O–H groups in total. The molecule has 0 aromatic carbocycles. The number of hydrogen-bond donors (Lipinski definition) is 2. The van der Waals surface area contributed by atoms with Gasteiger partial charge in [0.15, 0.2) is 0 Å². The number of carbonyl (C=O) groups excluding carboxylic acids is 2. The van der Waals surface area contributed by atoms with Crippen molar-refractivity contribution >= 4 is 11.8 Å². The average molecular weight is 269 g/mol. The lowest BCUT2D eigenvalue weighted by atomic mass is 10.1. The Bertz CT molecular complexity index is 307. The highest BCUT2D eigenvalue weighted by Crippen LogP contribution is 2.16. The number of unbranched alkanes of at least 4 members (excludes halogenated alkanes) is 1. The lowest BCUT2D eigenvalue weighted by Crippen LogP contribution is -2.51. The van der Waals surface area contributed by atoms with Gasteiger partial charge in [0.1, 0.15) is 6.04 Å². The molecule has 19 heavy (non-hydrogen) atoms. The molecule has 5 nitrogen and oxygen atoms in total. The topological polar surface area (TPSA) is 75.4 Å². The number of rotatable bonds is 8. The van der Waals surface area contributed by atoms with Crippen molar-refractivity contribution in [2.24, 2.45) is 5.73 Å². The minimum absolute atomic E-state index is 0.0270. The van der Waals surface area contributed by atoms with Gasteiger partial charge in [-0.25, -0.2) is 0 Å². The van der Waals surface area contributed by atoms with Crippen LogP contribution in [0.5, 0.6) is 0 Å². The second-order valence-corrected chi connectivity index (χ2v) is 5.20. The van der Waals surface area contributed by atoms with E-state index in [2.05, 4.69) is 12.2 Å². The van der Waals surface area contributed by atoms with E-state index >= 15 is 0 Å². The molecule has 0 spiro atoms. The Hall–Kier alpha value is -1.10. The third kappa shape index (κ3) is 4.49. The van der Waals surface area contributed by atoms with E-state index in [1.54, 1.807) is 4.90 Å². The number of hydrogen-bond acceptors (Lipinski definition) is 3. The minimum Gasteiger partial charge on any atom is -0.350 e. The van der Waals surface area contributed by atoms with Gasteiger partial charge in [-0.3, -0.25) is 9.59 Å². The van der Waals surface area contributed by atoms with Crippen molar-refractivity contribution in [2.45, 2.75) is 64.5 Å². The van der Waals surface area contributed by atoms with Crippen molar-refractivity contribution in [2.75, 3.05) is 13.1 Å². The van der Waals surface area contributed by atoms with Crippen LogP contribution in [0.2, 0.25) is 0 Å². The summed E-state index contributed by atoms with van der Waals surface area (Å²) in [6, 6.07) is -0.301. The third-order valence-electron chi connectivity index (χ3n) is 3.71. The largest absolute Gasteiger partial charge is 0.350 e. The van der Waals surface area contributed by atoms with Crippen LogP contribution in [-0.4, -0.2) is 41.9 Å². The normalized spacial score (nSPS) is 18.5. The molecule has 1 fully saturated rings. The molecule has 5 heteroatoms. The van der Waals surface area contributed by atoms with E-state index in [0.29, 0.717) is 25.9 Å². The fraction of sp³-hybridized carbons (Fsp3) is 0.857. The highest BCUT2D eigenvalue weighted by molar-refractivity contribution is 5.88. The third-order valence-corrected chi connectivity index (χ3v) is 3.71. The molecular formula is C14H27N3O2. The van der Waals surface area contributed by atoms with Crippen LogP contribution in [0.3, 0.4) is 0 Å². The molecule has 1 aliphatic heterocycles. The smallest absolute Gasteiger partial charge is 0.243 e. The van der Waals surface area contributed by atoms with Crippen LogP contribution in [0, 0.1) is 0 Å². The van der Waals surface area contributed by atoms with E-state index in [1.165, 1.54) is 0 Å². The average Bonchev–Trinajstić information content (AvgIpc) is 2.82. The van der Waals surface area contributed by atoms with E-state index in [9.17, 15) is 9.59 Å².